The van der Waals surface area contributed by atoms with Crippen LogP contribution in [0.15, 0.2) is 48.5 Å². The molecule has 1 saturated carbocycles. The number of nitrogens with one attached hydrogen (secondary N) is 1. The van der Waals surface area contributed by atoms with E-state index in [1.165, 1.54) is 0 Å². The fraction of sp³-hybridized carbons (Fsp3) is 0.391. The van der Waals surface area contributed by atoms with Gasteiger partial charge in [-0.3, -0.25) is 9.59 Å². The molecular formula is C23H28N2O2. The first-order valence-corrected chi connectivity index (χ1v) is 9.62. The van der Waals surface area contributed by atoms with Crippen molar-refractivity contribution in [2.24, 2.45) is 0 Å². The van der Waals surface area contributed by atoms with Gasteiger partial charge in [0.1, 0.15) is 5.54 Å². The molecule has 142 valence electrons. The molecule has 0 atom stereocenters. The summed E-state index contributed by atoms with van der Waals surface area (Å²) in [6, 6.07) is 15.7. The number of carbonyl (C=O) groups is 2. The van der Waals surface area contributed by atoms with Crippen molar-refractivity contribution in [3.8, 4) is 0 Å². The zero-order valence-electron chi connectivity index (χ0n) is 16.4. The predicted octanol–water partition coefficient (Wildman–Crippen LogP) is 4.26. The normalized spacial score (nSPS) is 15.4. The Morgan fingerprint density at radius 2 is 1.56 bits per heavy atom. The van der Waals surface area contributed by atoms with Gasteiger partial charge in [0.25, 0.3) is 0 Å². The van der Waals surface area contributed by atoms with Crippen molar-refractivity contribution in [2.45, 2.75) is 51.5 Å². The minimum atomic E-state index is -0.763. The highest BCUT2D eigenvalue weighted by atomic mass is 16.2. The minimum Gasteiger partial charge on any atom is -0.331 e. The number of carbonyl (C=O) groups excluding carboxylic acids is 2. The van der Waals surface area contributed by atoms with Crippen LogP contribution in [-0.4, -0.2) is 29.3 Å². The summed E-state index contributed by atoms with van der Waals surface area (Å²) >= 11 is 0. The summed E-state index contributed by atoms with van der Waals surface area (Å²) in [6.45, 7) is 3.99. The molecule has 0 saturated heterocycles. The van der Waals surface area contributed by atoms with Gasteiger partial charge in [0.2, 0.25) is 11.8 Å². The molecule has 3 rings (SSSR count). The number of benzene rings is 2. The zero-order valence-corrected chi connectivity index (χ0v) is 16.4. The third kappa shape index (κ3) is 3.90. The molecule has 0 spiro atoms. The Kier molecular flexibility index (Phi) is 5.64. The number of aryl methyl sites for hydroxylation is 2. The van der Waals surface area contributed by atoms with Crippen LogP contribution in [0.2, 0.25) is 0 Å². The van der Waals surface area contributed by atoms with Crippen LogP contribution in [0.25, 0.3) is 0 Å². The van der Waals surface area contributed by atoms with Gasteiger partial charge < -0.3 is 10.2 Å². The Labute approximate surface area is 161 Å². The molecule has 27 heavy (non-hydrogen) atoms. The molecule has 1 aliphatic carbocycles. The van der Waals surface area contributed by atoms with Crippen molar-refractivity contribution >= 4 is 17.5 Å². The molecule has 1 N–H and O–H groups in total. The molecule has 1 fully saturated rings. The molecule has 0 bridgehead atoms. The van der Waals surface area contributed by atoms with E-state index in [0.717, 1.165) is 35.2 Å². The quantitative estimate of drug-likeness (QED) is 0.862. The van der Waals surface area contributed by atoms with E-state index in [9.17, 15) is 9.59 Å². The average Bonchev–Trinajstić information content (AvgIpc) is 3.16. The summed E-state index contributed by atoms with van der Waals surface area (Å²) < 4.78 is 0. The van der Waals surface area contributed by atoms with Gasteiger partial charge in [-0.1, -0.05) is 61.4 Å². The number of hydrogen-bond donors (Lipinski definition) is 1. The van der Waals surface area contributed by atoms with Crippen LogP contribution in [0.3, 0.4) is 0 Å². The second kappa shape index (κ2) is 7.95. The lowest BCUT2D eigenvalue weighted by molar-refractivity contribution is -0.142. The van der Waals surface area contributed by atoms with E-state index in [1.54, 1.807) is 11.9 Å². The lowest BCUT2D eigenvalue weighted by Crippen LogP contribution is -2.56. The largest absolute Gasteiger partial charge is 0.331 e. The third-order valence-electron chi connectivity index (χ3n) is 5.79. The first-order valence-electron chi connectivity index (χ1n) is 9.62. The Bertz CT molecular complexity index is 803. The van der Waals surface area contributed by atoms with Crippen LogP contribution in [0, 0.1) is 13.8 Å². The maximum absolute atomic E-state index is 13.3. The van der Waals surface area contributed by atoms with Crippen LogP contribution in [-0.2, 0) is 16.0 Å². The van der Waals surface area contributed by atoms with E-state index in [4.69, 9.17) is 0 Å². The molecule has 4 nitrogen and oxygen atoms in total. The Morgan fingerprint density at radius 1 is 0.963 bits per heavy atom. The lowest BCUT2D eigenvalue weighted by atomic mass is 9.92. The Hall–Kier alpha value is -2.62. The van der Waals surface area contributed by atoms with Gasteiger partial charge >= 0.3 is 0 Å². The van der Waals surface area contributed by atoms with Gasteiger partial charge in [-0.25, -0.2) is 0 Å². The van der Waals surface area contributed by atoms with Crippen LogP contribution >= 0.6 is 0 Å². The summed E-state index contributed by atoms with van der Waals surface area (Å²) in [5, 5.41) is 3.13. The number of anilines is 1. The summed E-state index contributed by atoms with van der Waals surface area (Å²) in [4.78, 5) is 28.0. The highest BCUT2D eigenvalue weighted by Gasteiger charge is 2.46. The fourth-order valence-corrected chi connectivity index (χ4v) is 4.04. The van der Waals surface area contributed by atoms with Crippen molar-refractivity contribution in [1.29, 1.82) is 0 Å². The Morgan fingerprint density at radius 3 is 2.15 bits per heavy atom. The molecule has 1 aliphatic rings. The van der Waals surface area contributed by atoms with Gasteiger partial charge in [-0.2, -0.15) is 0 Å². The molecule has 2 aromatic rings. The number of amides is 2. The predicted molar refractivity (Wildman–Crippen MR) is 109 cm³/mol. The second-order valence-corrected chi connectivity index (χ2v) is 7.57. The van der Waals surface area contributed by atoms with Gasteiger partial charge in [-0.15, -0.1) is 0 Å². The Balaban J connectivity index is 1.82. The van der Waals surface area contributed by atoms with E-state index in [0.29, 0.717) is 19.3 Å². The number of nitrogens with zero attached hydrogens (tertiary/aromatic N) is 1. The maximum atomic E-state index is 13.3. The standard InChI is InChI=1S/C23H28N2O2/c1-17-10-9-11-18(2)21(17)24-22(27)23(14-7-8-15-23)25(3)20(26)16-19-12-5-4-6-13-19/h4-6,9-13H,7-8,14-16H2,1-3H3,(H,24,27). The number of para-hydroxylation sites is 1. The van der Waals surface area contributed by atoms with E-state index < -0.39 is 5.54 Å². The van der Waals surface area contributed by atoms with Crippen molar-refractivity contribution in [3.63, 3.8) is 0 Å². The summed E-state index contributed by atoms with van der Waals surface area (Å²) in [7, 11) is 1.78. The third-order valence-corrected chi connectivity index (χ3v) is 5.79. The molecule has 0 aliphatic heterocycles. The van der Waals surface area contributed by atoms with E-state index in [1.807, 2.05) is 62.4 Å². The average molecular weight is 364 g/mol. The van der Waals surface area contributed by atoms with Crippen molar-refractivity contribution in [1.82, 2.24) is 4.90 Å². The maximum Gasteiger partial charge on any atom is 0.250 e. The lowest BCUT2D eigenvalue weighted by Gasteiger charge is -2.37. The molecule has 0 heterocycles. The van der Waals surface area contributed by atoms with Gasteiger partial charge in [-0.05, 0) is 43.4 Å². The highest BCUT2D eigenvalue weighted by Crippen LogP contribution is 2.36. The SMILES string of the molecule is Cc1cccc(C)c1NC(=O)C1(N(C)C(=O)Cc2ccccc2)CCCC1. The van der Waals surface area contributed by atoms with Gasteiger partial charge in [0.15, 0.2) is 0 Å². The second-order valence-electron chi connectivity index (χ2n) is 7.57. The highest BCUT2D eigenvalue weighted by molar-refractivity contribution is 6.01. The molecule has 4 heteroatoms. The van der Waals surface area contributed by atoms with Crippen LogP contribution in [0.4, 0.5) is 5.69 Å². The zero-order chi connectivity index (χ0) is 19.4. The number of likely N-dealkylation sites (N-methyl/N-ethyl adjacent to an activating group) is 1. The van der Waals surface area contributed by atoms with Crippen molar-refractivity contribution in [3.05, 3.63) is 65.2 Å². The van der Waals surface area contributed by atoms with E-state index >= 15 is 0 Å². The van der Waals surface area contributed by atoms with Gasteiger partial charge in [0.05, 0.1) is 6.42 Å². The number of hydrogen-bond acceptors (Lipinski definition) is 2. The number of rotatable bonds is 5. The molecular weight excluding hydrogens is 336 g/mol. The van der Waals surface area contributed by atoms with Crippen molar-refractivity contribution < 1.29 is 9.59 Å². The molecule has 0 unspecified atom stereocenters. The van der Waals surface area contributed by atoms with Crippen LogP contribution in [0.5, 0.6) is 0 Å². The summed E-state index contributed by atoms with van der Waals surface area (Å²) in [5.41, 5.74) is 3.14. The fourth-order valence-electron chi connectivity index (χ4n) is 4.04. The summed E-state index contributed by atoms with van der Waals surface area (Å²) in [6.07, 6.45) is 3.66. The first kappa shape index (κ1) is 19.2. The van der Waals surface area contributed by atoms with Crippen LogP contribution in [0.1, 0.15) is 42.4 Å². The van der Waals surface area contributed by atoms with E-state index in [-0.39, 0.29) is 11.8 Å². The summed E-state index contributed by atoms with van der Waals surface area (Å²) in [5.74, 6) is -0.0823. The van der Waals surface area contributed by atoms with E-state index in [2.05, 4.69) is 5.32 Å². The van der Waals surface area contributed by atoms with Gasteiger partial charge in [0, 0.05) is 12.7 Å². The first-order chi connectivity index (χ1) is 12.9. The molecule has 2 aromatic carbocycles. The molecule has 2 amide bonds. The van der Waals surface area contributed by atoms with Crippen molar-refractivity contribution in [2.75, 3.05) is 12.4 Å². The topological polar surface area (TPSA) is 49.4 Å². The minimum absolute atomic E-state index is 0.0141. The smallest absolute Gasteiger partial charge is 0.250 e. The molecule has 0 aromatic heterocycles. The van der Waals surface area contributed by atoms with Crippen LogP contribution < -0.4 is 5.32 Å². The molecule has 0 radical (unpaired) electrons. The monoisotopic (exact) mass is 364 g/mol.